The van der Waals surface area contributed by atoms with Crippen LogP contribution in [0.25, 0.3) is 0 Å². The number of carboxylic acids is 1. The van der Waals surface area contributed by atoms with E-state index in [0.717, 1.165) is 23.1 Å². The van der Waals surface area contributed by atoms with E-state index < -0.39 is 35.2 Å². The molecule has 0 aromatic heterocycles. The normalized spacial score (nSPS) is 19.3. The van der Waals surface area contributed by atoms with Crippen molar-refractivity contribution in [3.63, 3.8) is 0 Å². The summed E-state index contributed by atoms with van der Waals surface area (Å²) in [7, 11) is 0. The zero-order valence-corrected chi connectivity index (χ0v) is 9.81. The first-order valence-electron chi connectivity index (χ1n) is 5.58. The van der Waals surface area contributed by atoms with Gasteiger partial charge in [-0.1, -0.05) is 6.07 Å². The third-order valence-electron chi connectivity index (χ3n) is 2.81. The number of aliphatic carboxylic acids is 1. The zero-order chi connectivity index (χ0) is 14.0. The summed E-state index contributed by atoms with van der Waals surface area (Å²) >= 11 is 0. The number of halogens is 2. The Balaban J connectivity index is 2.22. The van der Waals surface area contributed by atoms with E-state index in [4.69, 9.17) is 9.84 Å². The minimum atomic E-state index is -1.22. The zero-order valence-electron chi connectivity index (χ0n) is 9.81. The number of amides is 1. The van der Waals surface area contributed by atoms with Gasteiger partial charge in [0.1, 0.15) is 17.2 Å². The lowest BCUT2D eigenvalue weighted by atomic mass is 10.1. The van der Waals surface area contributed by atoms with Gasteiger partial charge in [0.15, 0.2) is 6.10 Å². The maximum absolute atomic E-state index is 13.5. The molecule has 5 nitrogen and oxygen atoms in total. The molecule has 1 N–H and O–H groups in total. The highest BCUT2D eigenvalue weighted by Crippen LogP contribution is 2.17. The van der Waals surface area contributed by atoms with Gasteiger partial charge in [0.2, 0.25) is 0 Å². The van der Waals surface area contributed by atoms with Crippen LogP contribution in [0.15, 0.2) is 18.2 Å². The molecule has 1 aliphatic heterocycles. The second kappa shape index (κ2) is 5.31. The van der Waals surface area contributed by atoms with Crippen LogP contribution in [0.5, 0.6) is 0 Å². The Morgan fingerprint density at radius 1 is 1.32 bits per heavy atom. The molecule has 1 aliphatic rings. The van der Waals surface area contributed by atoms with Crippen molar-refractivity contribution in [2.24, 2.45) is 0 Å². The number of benzene rings is 1. The summed E-state index contributed by atoms with van der Waals surface area (Å²) in [5.41, 5.74) is -0.673. The van der Waals surface area contributed by atoms with E-state index in [1.807, 2.05) is 0 Å². The number of nitrogens with zero attached hydrogens (tertiary/aromatic N) is 1. The molecule has 1 aromatic rings. The predicted octanol–water partition coefficient (Wildman–Crippen LogP) is 0.890. The Bertz CT molecular complexity index is 500. The summed E-state index contributed by atoms with van der Waals surface area (Å²) in [6.07, 6.45) is -1.17. The first kappa shape index (κ1) is 13.4. The lowest BCUT2D eigenvalue weighted by Crippen LogP contribution is -2.48. The third kappa shape index (κ3) is 2.70. The summed E-state index contributed by atoms with van der Waals surface area (Å²) in [5, 5.41) is 8.81. The van der Waals surface area contributed by atoms with Crippen molar-refractivity contribution in [2.45, 2.75) is 6.10 Å². The van der Waals surface area contributed by atoms with Gasteiger partial charge < -0.3 is 14.7 Å². The molecule has 1 saturated heterocycles. The molecule has 1 atom stereocenters. The maximum atomic E-state index is 13.5. The average Bonchev–Trinajstić information content (AvgIpc) is 2.38. The first-order chi connectivity index (χ1) is 9.00. The fraction of sp³-hybridized carbons (Fsp3) is 0.333. The fourth-order valence-electron chi connectivity index (χ4n) is 1.84. The van der Waals surface area contributed by atoms with Crippen molar-refractivity contribution < 1.29 is 28.2 Å². The average molecular weight is 271 g/mol. The number of carbonyl (C=O) groups is 2. The Morgan fingerprint density at radius 2 is 1.95 bits per heavy atom. The smallest absolute Gasteiger partial charge is 0.334 e. The van der Waals surface area contributed by atoms with Crippen LogP contribution in [-0.2, 0) is 9.53 Å². The summed E-state index contributed by atoms with van der Waals surface area (Å²) in [6, 6.07) is 3.11. The summed E-state index contributed by atoms with van der Waals surface area (Å²) in [6.45, 7) is -0.128. The first-order valence-corrected chi connectivity index (χ1v) is 5.58. The second-order valence-electron chi connectivity index (χ2n) is 4.05. The van der Waals surface area contributed by atoms with Gasteiger partial charge in [-0.3, -0.25) is 4.79 Å². The van der Waals surface area contributed by atoms with Crippen LogP contribution in [0.3, 0.4) is 0 Å². The van der Waals surface area contributed by atoms with Gasteiger partial charge in [0.25, 0.3) is 5.91 Å². The minimum Gasteiger partial charge on any atom is -0.479 e. The topological polar surface area (TPSA) is 66.8 Å². The Labute approximate surface area is 107 Å². The summed E-state index contributed by atoms with van der Waals surface area (Å²) < 4.78 is 31.9. The van der Waals surface area contributed by atoms with Crippen molar-refractivity contribution >= 4 is 11.9 Å². The molecule has 0 radical (unpaired) electrons. The van der Waals surface area contributed by atoms with Crippen molar-refractivity contribution in [1.29, 1.82) is 0 Å². The minimum absolute atomic E-state index is 0.0127. The number of morpholine rings is 1. The fourth-order valence-corrected chi connectivity index (χ4v) is 1.84. The van der Waals surface area contributed by atoms with Crippen LogP contribution in [0.1, 0.15) is 10.4 Å². The van der Waals surface area contributed by atoms with Gasteiger partial charge in [0, 0.05) is 6.54 Å². The molecule has 0 spiro atoms. The van der Waals surface area contributed by atoms with Crippen LogP contribution in [0.2, 0.25) is 0 Å². The molecular weight excluding hydrogens is 260 g/mol. The van der Waals surface area contributed by atoms with Crippen LogP contribution in [0, 0.1) is 11.6 Å². The van der Waals surface area contributed by atoms with Crippen molar-refractivity contribution in [3.8, 4) is 0 Å². The van der Waals surface area contributed by atoms with Gasteiger partial charge in [-0.2, -0.15) is 0 Å². The molecule has 102 valence electrons. The van der Waals surface area contributed by atoms with E-state index in [-0.39, 0.29) is 19.7 Å². The molecule has 0 bridgehead atoms. The van der Waals surface area contributed by atoms with Gasteiger partial charge in [-0.05, 0) is 12.1 Å². The molecule has 1 aromatic carbocycles. The number of hydrogen-bond donors (Lipinski definition) is 1. The Kier molecular flexibility index (Phi) is 3.75. The maximum Gasteiger partial charge on any atom is 0.334 e. The lowest BCUT2D eigenvalue weighted by Gasteiger charge is -2.31. The van der Waals surface area contributed by atoms with Crippen LogP contribution in [0.4, 0.5) is 8.78 Å². The predicted molar refractivity (Wildman–Crippen MR) is 59.6 cm³/mol. The highest BCUT2D eigenvalue weighted by atomic mass is 19.1. The van der Waals surface area contributed by atoms with Crippen molar-refractivity contribution in [3.05, 3.63) is 35.4 Å². The Hall–Kier alpha value is -2.02. The largest absolute Gasteiger partial charge is 0.479 e. The number of ether oxygens (including phenoxy) is 1. The van der Waals surface area contributed by atoms with E-state index in [1.165, 1.54) is 0 Å². The number of hydrogen-bond acceptors (Lipinski definition) is 3. The van der Waals surface area contributed by atoms with Gasteiger partial charge >= 0.3 is 5.97 Å². The monoisotopic (exact) mass is 271 g/mol. The highest BCUT2D eigenvalue weighted by Gasteiger charge is 2.31. The molecule has 1 fully saturated rings. The molecular formula is C12H11F2NO4. The third-order valence-corrected chi connectivity index (χ3v) is 2.81. The van der Waals surface area contributed by atoms with Crippen LogP contribution >= 0.6 is 0 Å². The van der Waals surface area contributed by atoms with E-state index in [9.17, 15) is 18.4 Å². The number of carbonyl (C=O) groups excluding carboxylic acids is 1. The number of rotatable bonds is 2. The standard InChI is InChI=1S/C12H11F2NO4/c13-7-2-1-3-8(14)10(7)11(16)15-4-5-19-9(6-15)12(17)18/h1-3,9H,4-6H2,(H,17,18). The SMILES string of the molecule is O=C(O)C1CN(C(=O)c2c(F)cccc2F)CCO1. The van der Waals surface area contributed by atoms with E-state index in [1.54, 1.807) is 0 Å². The summed E-state index contributed by atoms with van der Waals surface area (Å²) in [5.74, 6) is -4.02. The lowest BCUT2D eigenvalue weighted by molar-refractivity contribution is -0.154. The van der Waals surface area contributed by atoms with Gasteiger partial charge in [-0.25, -0.2) is 13.6 Å². The molecule has 0 saturated carbocycles. The number of carboxylic acid groups (broad SMARTS) is 1. The molecule has 1 heterocycles. The van der Waals surface area contributed by atoms with Gasteiger partial charge in [0.05, 0.1) is 13.2 Å². The highest BCUT2D eigenvalue weighted by molar-refractivity contribution is 5.95. The van der Waals surface area contributed by atoms with Crippen molar-refractivity contribution in [2.75, 3.05) is 19.7 Å². The summed E-state index contributed by atoms with van der Waals surface area (Å²) in [4.78, 5) is 23.9. The van der Waals surface area contributed by atoms with Gasteiger partial charge in [-0.15, -0.1) is 0 Å². The van der Waals surface area contributed by atoms with Crippen LogP contribution < -0.4 is 0 Å². The van der Waals surface area contributed by atoms with Crippen LogP contribution in [-0.4, -0.2) is 47.7 Å². The Morgan fingerprint density at radius 3 is 2.53 bits per heavy atom. The molecule has 2 rings (SSSR count). The second-order valence-corrected chi connectivity index (χ2v) is 4.05. The van der Waals surface area contributed by atoms with E-state index >= 15 is 0 Å². The van der Waals surface area contributed by atoms with E-state index in [0.29, 0.717) is 0 Å². The molecule has 1 amide bonds. The van der Waals surface area contributed by atoms with Crippen molar-refractivity contribution in [1.82, 2.24) is 4.90 Å². The molecule has 1 unspecified atom stereocenters. The molecule has 7 heteroatoms. The van der Waals surface area contributed by atoms with E-state index in [2.05, 4.69) is 0 Å². The molecule has 0 aliphatic carbocycles. The quantitative estimate of drug-likeness (QED) is 0.867. The molecule has 19 heavy (non-hydrogen) atoms.